The third-order valence-corrected chi connectivity index (χ3v) is 4.89. The van der Waals surface area contributed by atoms with E-state index in [0.717, 1.165) is 38.3 Å². The molecule has 0 radical (unpaired) electrons. The second-order valence-electron chi connectivity index (χ2n) is 4.27. The second-order valence-corrected chi connectivity index (χ2v) is 5.54. The molecule has 88 valence electrons. The number of thioether (sulfide) groups is 1. The smallest absolute Gasteiger partial charge is 0.128 e. The van der Waals surface area contributed by atoms with Crippen LogP contribution in [0.2, 0.25) is 0 Å². The maximum Gasteiger partial charge on any atom is 0.128 e. The van der Waals surface area contributed by atoms with Crippen LogP contribution in [0, 0.1) is 0 Å². The Morgan fingerprint density at radius 3 is 2.69 bits per heavy atom. The van der Waals surface area contributed by atoms with Gasteiger partial charge in [0.05, 0.1) is 0 Å². The van der Waals surface area contributed by atoms with Gasteiger partial charge in [-0.25, -0.2) is 4.98 Å². The average Bonchev–Trinajstić information content (AvgIpc) is 2.40. The summed E-state index contributed by atoms with van der Waals surface area (Å²) < 4.78 is 0.297. The number of pyridine rings is 1. The lowest BCUT2D eigenvalue weighted by Gasteiger charge is -2.40. The molecule has 1 aromatic rings. The predicted octanol–water partition coefficient (Wildman–Crippen LogP) is 1.74. The van der Waals surface area contributed by atoms with Crippen molar-refractivity contribution >= 4 is 17.6 Å². The van der Waals surface area contributed by atoms with Gasteiger partial charge < -0.3 is 10.6 Å². The van der Waals surface area contributed by atoms with Crippen molar-refractivity contribution in [1.82, 2.24) is 4.98 Å². The van der Waals surface area contributed by atoms with Crippen LogP contribution in [-0.2, 0) is 0 Å². The number of hydrogen-bond donors (Lipinski definition) is 1. The molecule has 3 nitrogen and oxygen atoms in total. The molecule has 1 aliphatic rings. The molecular formula is C12H19N3S. The number of aromatic nitrogens is 1. The van der Waals surface area contributed by atoms with Gasteiger partial charge >= 0.3 is 0 Å². The first kappa shape index (κ1) is 11.7. The summed E-state index contributed by atoms with van der Waals surface area (Å²) in [6.07, 6.45) is 6.33. The van der Waals surface area contributed by atoms with Crippen LogP contribution >= 0.6 is 11.8 Å². The lowest BCUT2D eigenvalue weighted by molar-refractivity contribution is 0.455. The number of nitrogens with zero attached hydrogens (tertiary/aromatic N) is 2. The summed E-state index contributed by atoms with van der Waals surface area (Å²) in [4.78, 5) is 6.74. The minimum Gasteiger partial charge on any atom is -0.357 e. The van der Waals surface area contributed by atoms with Crippen LogP contribution in [0.3, 0.4) is 0 Å². The van der Waals surface area contributed by atoms with Crippen molar-refractivity contribution in [2.45, 2.75) is 17.6 Å². The monoisotopic (exact) mass is 237 g/mol. The third kappa shape index (κ3) is 2.33. The molecular weight excluding hydrogens is 218 g/mol. The molecule has 2 heterocycles. The van der Waals surface area contributed by atoms with Crippen LogP contribution in [0.4, 0.5) is 5.82 Å². The highest BCUT2D eigenvalue weighted by molar-refractivity contribution is 8.00. The van der Waals surface area contributed by atoms with Gasteiger partial charge in [0.25, 0.3) is 0 Å². The van der Waals surface area contributed by atoms with Crippen molar-refractivity contribution < 1.29 is 0 Å². The normalized spacial score (nSPS) is 19.8. The van der Waals surface area contributed by atoms with Crippen LogP contribution in [0.15, 0.2) is 24.4 Å². The van der Waals surface area contributed by atoms with Crippen molar-refractivity contribution in [3.8, 4) is 0 Å². The van der Waals surface area contributed by atoms with Gasteiger partial charge in [0, 0.05) is 30.6 Å². The first-order valence-electron chi connectivity index (χ1n) is 5.71. The summed E-state index contributed by atoms with van der Waals surface area (Å²) in [5.41, 5.74) is 5.88. The lowest BCUT2D eigenvalue weighted by Crippen LogP contribution is -2.46. The van der Waals surface area contributed by atoms with E-state index in [-0.39, 0.29) is 0 Å². The molecule has 1 fully saturated rings. The molecule has 1 aromatic heterocycles. The minimum absolute atomic E-state index is 0.297. The Hall–Kier alpha value is -0.740. The number of anilines is 1. The molecule has 4 heteroatoms. The van der Waals surface area contributed by atoms with Crippen LogP contribution in [0.25, 0.3) is 0 Å². The number of nitrogens with two attached hydrogens (primary N) is 1. The van der Waals surface area contributed by atoms with Crippen LogP contribution in [0.1, 0.15) is 12.8 Å². The van der Waals surface area contributed by atoms with Gasteiger partial charge in [0.2, 0.25) is 0 Å². The van der Waals surface area contributed by atoms with E-state index in [0.29, 0.717) is 4.75 Å². The largest absolute Gasteiger partial charge is 0.357 e. The summed E-state index contributed by atoms with van der Waals surface area (Å²) in [6.45, 7) is 2.91. The van der Waals surface area contributed by atoms with Gasteiger partial charge in [-0.3, -0.25) is 0 Å². The van der Waals surface area contributed by atoms with Gasteiger partial charge in [-0.05, 0) is 31.2 Å². The van der Waals surface area contributed by atoms with E-state index in [2.05, 4.69) is 22.2 Å². The summed E-state index contributed by atoms with van der Waals surface area (Å²) in [6, 6.07) is 6.08. The van der Waals surface area contributed by atoms with Crippen LogP contribution in [0.5, 0.6) is 0 Å². The van der Waals surface area contributed by atoms with E-state index in [4.69, 9.17) is 5.73 Å². The molecule has 0 spiro atoms. The Morgan fingerprint density at radius 1 is 1.44 bits per heavy atom. The fourth-order valence-corrected chi connectivity index (χ4v) is 2.93. The zero-order chi connectivity index (χ0) is 11.4. The average molecular weight is 237 g/mol. The zero-order valence-corrected chi connectivity index (χ0v) is 10.5. The fraction of sp³-hybridized carbons (Fsp3) is 0.583. The fourth-order valence-electron chi connectivity index (χ4n) is 2.18. The minimum atomic E-state index is 0.297. The SMILES string of the molecule is CSC1(CN)CCN(c2ccccn2)CC1. The van der Waals surface area contributed by atoms with Crippen molar-refractivity contribution in [3.05, 3.63) is 24.4 Å². The van der Waals surface area contributed by atoms with E-state index in [1.165, 1.54) is 0 Å². The van der Waals surface area contributed by atoms with E-state index < -0.39 is 0 Å². The molecule has 2 rings (SSSR count). The molecule has 16 heavy (non-hydrogen) atoms. The quantitative estimate of drug-likeness (QED) is 0.869. The van der Waals surface area contributed by atoms with E-state index >= 15 is 0 Å². The molecule has 0 atom stereocenters. The van der Waals surface area contributed by atoms with Crippen molar-refractivity contribution in [1.29, 1.82) is 0 Å². The molecule has 1 aliphatic heterocycles. The Balaban J connectivity index is 2.00. The Bertz CT molecular complexity index is 314. The van der Waals surface area contributed by atoms with E-state index in [9.17, 15) is 0 Å². The topological polar surface area (TPSA) is 42.1 Å². The maximum atomic E-state index is 5.88. The molecule has 0 bridgehead atoms. The van der Waals surface area contributed by atoms with Crippen LogP contribution in [-0.4, -0.2) is 35.6 Å². The van der Waals surface area contributed by atoms with Crippen molar-refractivity contribution in [3.63, 3.8) is 0 Å². The first-order valence-corrected chi connectivity index (χ1v) is 6.93. The zero-order valence-electron chi connectivity index (χ0n) is 9.72. The highest BCUT2D eigenvalue weighted by atomic mass is 32.2. The van der Waals surface area contributed by atoms with Crippen molar-refractivity contribution in [2.24, 2.45) is 5.73 Å². The standard InChI is InChI=1S/C12H19N3S/c1-16-12(10-13)5-8-15(9-6-12)11-4-2-3-7-14-11/h2-4,7H,5-6,8-10,13H2,1H3. The Labute approximate surface area is 101 Å². The molecule has 2 N–H and O–H groups in total. The number of piperidine rings is 1. The second kappa shape index (κ2) is 5.06. The Morgan fingerprint density at radius 2 is 2.19 bits per heavy atom. The predicted molar refractivity (Wildman–Crippen MR) is 71.0 cm³/mol. The summed E-state index contributed by atoms with van der Waals surface area (Å²) >= 11 is 1.92. The molecule has 0 aliphatic carbocycles. The van der Waals surface area contributed by atoms with Gasteiger partial charge in [-0.1, -0.05) is 6.07 Å². The maximum absolute atomic E-state index is 5.88. The van der Waals surface area contributed by atoms with Gasteiger partial charge in [-0.15, -0.1) is 0 Å². The summed E-state index contributed by atoms with van der Waals surface area (Å²) in [5.74, 6) is 1.09. The summed E-state index contributed by atoms with van der Waals surface area (Å²) in [5, 5.41) is 0. The van der Waals surface area contributed by atoms with Crippen LogP contribution < -0.4 is 10.6 Å². The molecule has 0 saturated carbocycles. The summed E-state index contributed by atoms with van der Waals surface area (Å²) in [7, 11) is 0. The van der Waals surface area contributed by atoms with Gasteiger partial charge in [0.1, 0.15) is 5.82 Å². The highest BCUT2D eigenvalue weighted by Crippen LogP contribution is 2.34. The number of hydrogen-bond acceptors (Lipinski definition) is 4. The molecule has 1 saturated heterocycles. The highest BCUT2D eigenvalue weighted by Gasteiger charge is 2.32. The molecule has 0 amide bonds. The molecule has 0 unspecified atom stereocenters. The lowest BCUT2D eigenvalue weighted by atomic mass is 9.96. The third-order valence-electron chi connectivity index (χ3n) is 3.45. The van der Waals surface area contributed by atoms with Gasteiger partial charge in [0.15, 0.2) is 0 Å². The van der Waals surface area contributed by atoms with E-state index in [1.807, 2.05) is 30.1 Å². The first-order chi connectivity index (χ1) is 7.79. The van der Waals surface area contributed by atoms with E-state index in [1.54, 1.807) is 0 Å². The van der Waals surface area contributed by atoms with Crippen molar-refractivity contribution in [2.75, 3.05) is 30.8 Å². The Kier molecular flexibility index (Phi) is 3.71. The van der Waals surface area contributed by atoms with Gasteiger partial charge in [-0.2, -0.15) is 11.8 Å². The number of rotatable bonds is 3. The molecule has 0 aromatic carbocycles.